The Kier molecular flexibility index (Phi) is 5.97. The molecule has 1 aromatic heterocycles. The molecule has 6 nitrogen and oxygen atoms in total. The molecule has 0 bridgehead atoms. The minimum Gasteiger partial charge on any atom is -0.478 e. The predicted octanol–water partition coefficient (Wildman–Crippen LogP) is 5.92. The molecule has 0 unspecified atom stereocenters. The van der Waals surface area contributed by atoms with E-state index in [1.54, 1.807) is 41.3 Å². The van der Waals surface area contributed by atoms with E-state index in [4.69, 9.17) is 16.0 Å². The monoisotopic (exact) mass is 452 g/mol. The molecule has 3 aromatic rings. The lowest BCUT2D eigenvalue weighted by molar-refractivity contribution is -0.122. The van der Waals surface area contributed by atoms with Crippen molar-refractivity contribution in [3.8, 4) is 11.3 Å². The molecule has 1 aliphatic rings. The molecular formula is C23H17ClN2O4S. The molecule has 1 saturated heterocycles. The summed E-state index contributed by atoms with van der Waals surface area (Å²) in [6, 6.07) is 17.2. The van der Waals surface area contributed by atoms with Crippen LogP contribution < -0.4 is 0 Å². The Morgan fingerprint density at radius 2 is 1.97 bits per heavy atom. The Bertz CT molecular complexity index is 1210. The van der Waals surface area contributed by atoms with Crippen molar-refractivity contribution < 1.29 is 19.1 Å². The molecule has 156 valence electrons. The second-order valence-corrected chi connectivity index (χ2v) is 8.06. The number of aliphatic imine (C=N–C) groups is 1. The molecule has 2 aromatic carbocycles. The minimum atomic E-state index is -1.03. The Morgan fingerprint density at radius 1 is 1.19 bits per heavy atom. The molecule has 2 heterocycles. The molecule has 1 fully saturated rings. The zero-order valence-electron chi connectivity index (χ0n) is 16.4. The maximum Gasteiger partial charge on any atom is 0.335 e. The number of rotatable bonds is 5. The first-order valence-electron chi connectivity index (χ1n) is 9.44. The zero-order chi connectivity index (χ0) is 22.0. The van der Waals surface area contributed by atoms with Gasteiger partial charge >= 0.3 is 5.97 Å². The van der Waals surface area contributed by atoms with Crippen LogP contribution in [0.1, 0.15) is 23.0 Å². The van der Waals surface area contributed by atoms with Gasteiger partial charge < -0.3 is 9.52 Å². The largest absolute Gasteiger partial charge is 0.478 e. The van der Waals surface area contributed by atoms with Gasteiger partial charge in [-0.25, -0.2) is 9.79 Å². The highest BCUT2D eigenvalue weighted by Gasteiger charge is 2.32. The molecule has 4 rings (SSSR count). The van der Waals surface area contributed by atoms with Crippen LogP contribution >= 0.6 is 23.4 Å². The van der Waals surface area contributed by atoms with E-state index < -0.39 is 5.97 Å². The van der Waals surface area contributed by atoms with Gasteiger partial charge in [0.1, 0.15) is 11.5 Å². The van der Waals surface area contributed by atoms with Crippen molar-refractivity contribution in [1.29, 1.82) is 0 Å². The summed E-state index contributed by atoms with van der Waals surface area (Å²) in [5.74, 6) is 0.0150. The lowest BCUT2D eigenvalue weighted by atomic mass is 10.2. The Labute approximate surface area is 187 Å². The van der Waals surface area contributed by atoms with Crippen molar-refractivity contribution in [2.45, 2.75) is 6.92 Å². The first-order valence-corrected chi connectivity index (χ1v) is 10.6. The molecule has 0 radical (unpaired) electrons. The molecule has 8 heteroatoms. The number of carbonyl (C=O) groups is 2. The summed E-state index contributed by atoms with van der Waals surface area (Å²) in [6.07, 6.45) is 1.69. The topological polar surface area (TPSA) is 83.1 Å². The van der Waals surface area contributed by atoms with Gasteiger partial charge in [-0.15, -0.1) is 0 Å². The van der Waals surface area contributed by atoms with E-state index in [0.29, 0.717) is 38.8 Å². The van der Waals surface area contributed by atoms with E-state index in [-0.39, 0.29) is 11.5 Å². The summed E-state index contributed by atoms with van der Waals surface area (Å²) in [5, 5.41) is 10.3. The number of hydrogen-bond acceptors (Lipinski definition) is 5. The summed E-state index contributed by atoms with van der Waals surface area (Å²) in [5.41, 5.74) is 1.49. The van der Waals surface area contributed by atoms with E-state index in [0.717, 1.165) is 5.56 Å². The molecule has 1 N–H and O–H groups in total. The smallest absolute Gasteiger partial charge is 0.335 e. The summed E-state index contributed by atoms with van der Waals surface area (Å²) in [7, 11) is 0. The summed E-state index contributed by atoms with van der Waals surface area (Å²) < 4.78 is 5.88. The van der Waals surface area contributed by atoms with Gasteiger partial charge in [-0.2, -0.15) is 0 Å². The Hall–Kier alpha value is -3.29. The van der Waals surface area contributed by atoms with E-state index in [1.807, 2.05) is 25.1 Å². The van der Waals surface area contributed by atoms with Gasteiger partial charge in [-0.3, -0.25) is 9.69 Å². The van der Waals surface area contributed by atoms with Crippen molar-refractivity contribution >= 4 is 52.2 Å². The summed E-state index contributed by atoms with van der Waals surface area (Å²) in [4.78, 5) is 30.6. The highest BCUT2D eigenvalue weighted by atomic mass is 35.5. The molecule has 1 amide bonds. The average molecular weight is 453 g/mol. The fourth-order valence-electron chi connectivity index (χ4n) is 3.02. The first-order chi connectivity index (χ1) is 14.9. The van der Waals surface area contributed by atoms with Crippen molar-refractivity contribution in [3.05, 3.63) is 81.9 Å². The lowest BCUT2D eigenvalue weighted by Crippen LogP contribution is -2.28. The van der Waals surface area contributed by atoms with Gasteiger partial charge in [-0.1, -0.05) is 17.7 Å². The summed E-state index contributed by atoms with van der Waals surface area (Å²) >= 11 is 7.16. The first kappa shape index (κ1) is 21.0. The van der Waals surface area contributed by atoms with E-state index in [1.165, 1.54) is 23.9 Å². The van der Waals surface area contributed by atoms with Gasteiger partial charge in [0.15, 0.2) is 5.17 Å². The number of aromatic carboxylic acids is 1. The van der Waals surface area contributed by atoms with Gasteiger partial charge in [0, 0.05) is 23.2 Å². The van der Waals surface area contributed by atoms with Crippen LogP contribution in [0.25, 0.3) is 17.4 Å². The third-order valence-electron chi connectivity index (χ3n) is 4.55. The van der Waals surface area contributed by atoms with Crippen LogP contribution in [0.4, 0.5) is 5.69 Å². The molecule has 0 spiro atoms. The zero-order valence-corrected chi connectivity index (χ0v) is 18.0. The van der Waals surface area contributed by atoms with Crippen LogP contribution in [0.3, 0.4) is 0 Å². The predicted molar refractivity (Wildman–Crippen MR) is 123 cm³/mol. The van der Waals surface area contributed by atoms with Gasteiger partial charge in [0.2, 0.25) is 0 Å². The van der Waals surface area contributed by atoms with Crippen LogP contribution in [0.15, 0.2) is 75.0 Å². The maximum atomic E-state index is 12.8. The number of furan rings is 1. The third-order valence-corrected chi connectivity index (χ3v) is 5.81. The second kappa shape index (κ2) is 8.83. The van der Waals surface area contributed by atoms with Crippen molar-refractivity contribution in [2.75, 3.05) is 6.54 Å². The van der Waals surface area contributed by atoms with Crippen LogP contribution in [0, 0.1) is 0 Å². The van der Waals surface area contributed by atoms with Gasteiger partial charge in [0.25, 0.3) is 5.91 Å². The van der Waals surface area contributed by atoms with Crippen LogP contribution in [-0.2, 0) is 4.79 Å². The number of nitrogens with zero attached hydrogens (tertiary/aromatic N) is 2. The Balaban J connectivity index is 1.61. The normalized spacial score (nSPS) is 16.5. The highest BCUT2D eigenvalue weighted by molar-refractivity contribution is 8.18. The maximum absolute atomic E-state index is 12.8. The number of thioether (sulfide) groups is 1. The number of benzene rings is 2. The number of amides is 1. The SMILES string of the molecule is CCN1C(=O)/C(=C/c2ccc(-c3ccc(Cl)cc3)o2)SC1=Nc1cccc(C(=O)O)c1. The number of halogens is 1. The number of carbonyl (C=O) groups excluding carboxylic acids is 1. The summed E-state index contributed by atoms with van der Waals surface area (Å²) in [6.45, 7) is 2.30. The molecule has 31 heavy (non-hydrogen) atoms. The highest BCUT2D eigenvalue weighted by Crippen LogP contribution is 2.35. The van der Waals surface area contributed by atoms with Gasteiger partial charge in [-0.05, 0) is 73.3 Å². The quantitative estimate of drug-likeness (QED) is 0.485. The number of amidine groups is 1. The van der Waals surface area contributed by atoms with Crippen LogP contribution in [0.5, 0.6) is 0 Å². The van der Waals surface area contributed by atoms with E-state index >= 15 is 0 Å². The second-order valence-electron chi connectivity index (χ2n) is 6.62. The van der Waals surface area contributed by atoms with Crippen molar-refractivity contribution in [3.63, 3.8) is 0 Å². The van der Waals surface area contributed by atoms with Crippen molar-refractivity contribution in [1.82, 2.24) is 4.90 Å². The van der Waals surface area contributed by atoms with Crippen LogP contribution in [-0.4, -0.2) is 33.6 Å². The molecular weight excluding hydrogens is 436 g/mol. The van der Waals surface area contributed by atoms with E-state index in [9.17, 15) is 14.7 Å². The standard InChI is InChI=1S/C23H17ClN2O4S/c1-2-26-21(27)20(31-23(26)25-17-5-3-4-15(12-17)22(28)29)13-18-10-11-19(30-18)14-6-8-16(24)9-7-14/h3-13H,2H2,1H3,(H,28,29)/b20-13-,25-23?. The third kappa shape index (κ3) is 4.57. The van der Waals surface area contributed by atoms with E-state index in [2.05, 4.69) is 4.99 Å². The molecule has 0 saturated carbocycles. The minimum absolute atomic E-state index is 0.139. The average Bonchev–Trinajstić information content (AvgIpc) is 3.33. The number of likely N-dealkylation sites (N-methyl/N-ethyl adjacent to an activating group) is 1. The number of carboxylic acid groups (broad SMARTS) is 1. The number of hydrogen-bond donors (Lipinski definition) is 1. The molecule has 0 atom stereocenters. The fraction of sp³-hybridized carbons (Fsp3) is 0.0870. The van der Waals surface area contributed by atoms with Crippen LogP contribution in [0.2, 0.25) is 5.02 Å². The Morgan fingerprint density at radius 3 is 2.68 bits per heavy atom. The molecule has 1 aliphatic heterocycles. The van der Waals surface area contributed by atoms with Crippen molar-refractivity contribution in [2.24, 2.45) is 4.99 Å². The van der Waals surface area contributed by atoms with Gasteiger partial charge in [0.05, 0.1) is 16.2 Å². The number of carboxylic acids is 1. The lowest BCUT2D eigenvalue weighted by Gasteiger charge is -2.12. The molecule has 0 aliphatic carbocycles. The fourth-order valence-corrected chi connectivity index (χ4v) is 4.19.